The summed E-state index contributed by atoms with van der Waals surface area (Å²) < 4.78 is 0. The fourth-order valence-corrected chi connectivity index (χ4v) is 1.25. The highest BCUT2D eigenvalue weighted by atomic mass is 35.5. The lowest BCUT2D eigenvalue weighted by atomic mass is 10.00. The average molecular weight is 159 g/mol. The molecule has 0 radical (unpaired) electrons. The van der Waals surface area contributed by atoms with E-state index in [1.807, 2.05) is 13.8 Å². The van der Waals surface area contributed by atoms with Gasteiger partial charge in [-0.05, 0) is 20.3 Å². The molecular weight excluding hydrogens is 148 g/mol. The Morgan fingerprint density at radius 2 is 1.90 bits per heavy atom. The van der Waals surface area contributed by atoms with E-state index in [4.69, 9.17) is 11.6 Å². The Labute approximate surface area is 66.0 Å². The molecule has 0 bridgehead atoms. The second-order valence-corrected chi connectivity index (χ2v) is 3.04. The zero-order chi connectivity index (χ0) is 7.72. The molecule has 1 N–H and O–H groups in total. The molecule has 1 aliphatic carbocycles. The molecule has 1 aliphatic rings. The van der Waals surface area contributed by atoms with Crippen LogP contribution in [0.5, 0.6) is 0 Å². The molecule has 0 spiro atoms. The molecule has 0 saturated heterocycles. The molecule has 1 rings (SSSR count). The third-order valence-electron chi connectivity index (χ3n) is 1.87. The summed E-state index contributed by atoms with van der Waals surface area (Å²) >= 11 is 5.87. The molecule has 10 heavy (non-hydrogen) atoms. The lowest BCUT2D eigenvalue weighted by Crippen LogP contribution is -1.98. The largest absolute Gasteiger partial charge is 0.512 e. The Bertz CT molecular complexity index is 189. The normalized spacial score (nSPS) is 20.3. The van der Waals surface area contributed by atoms with E-state index < -0.39 is 0 Å². The summed E-state index contributed by atoms with van der Waals surface area (Å²) in [6.07, 6.45) is 1.63. The lowest BCUT2D eigenvalue weighted by Gasteiger charge is -2.14. The quantitative estimate of drug-likeness (QED) is 0.575. The fraction of sp³-hybridized carbons (Fsp3) is 0.500. The van der Waals surface area contributed by atoms with Crippen molar-refractivity contribution in [2.45, 2.75) is 26.7 Å². The summed E-state index contributed by atoms with van der Waals surface area (Å²) in [7, 11) is 0. The molecule has 0 aromatic heterocycles. The van der Waals surface area contributed by atoms with E-state index in [9.17, 15) is 5.11 Å². The summed E-state index contributed by atoms with van der Waals surface area (Å²) in [5, 5.41) is 9.97. The molecule has 0 fully saturated rings. The molecule has 1 nitrogen and oxygen atoms in total. The summed E-state index contributed by atoms with van der Waals surface area (Å²) in [6, 6.07) is 0. The van der Waals surface area contributed by atoms with Crippen LogP contribution in [0.3, 0.4) is 0 Å². The number of halogens is 1. The van der Waals surface area contributed by atoms with Gasteiger partial charge in [0.2, 0.25) is 0 Å². The van der Waals surface area contributed by atoms with Crippen LogP contribution in [-0.4, -0.2) is 5.11 Å². The summed E-state index contributed by atoms with van der Waals surface area (Å²) in [4.78, 5) is 0. The van der Waals surface area contributed by atoms with Crippen LogP contribution in [0, 0.1) is 0 Å². The molecule has 56 valence electrons. The van der Waals surface area contributed by atoms with Crippen molar-refractivity contribution in [3.05, 3.63) is 21.9 Å². The van der Waals surface area contributed by atoms with Crippen molar-refractivity contribution in [3.8, 4) is 0 Å². The molecule has 0 aromatic carbocycles. The van der Waals surface area contributed by atoms with Gasteiger partial charge >= 0.3 is 0 Å². The van der Waals surface area contributed by atoms with Gasteiger partial charge in [0.1, 0.15) is 0 Å². The summed E-state index contributed by atoms with van der Waals surface area (Å²) in [5.41, 5.74) is 2.02. The van der Waals surface area contributed by atoms with E-state index >= 15 is 0 Å². The monoisotopic (exact) mass is 158 g/mol. The van der Waals surface area contributed by atoms with Crippen LogP contribution in [0.4, 0.5) is 0 Å². The molecule has 0 heterocycles. The van der Waals surface area contributed by atoms with Gasteiger partial charge in [0.15, 0.2) is 0 Å². The van der Waals surface area contributed by atoms with E-state index in [1.165, 1.54) is 5.57 Å². The first kappa shape index (κ1) is 7.67. The smallest absolute Gasteiger partial charge is 0.0969 e. The second kappa shape index (κ2) is 2.67. The third kappa shape index (κ3) is 1.19. The van der Waals surface area contributed by atoms with Crippen LogP contribution in [-0.2, 0) is 0 Å². The first-order chi connectivity index (χ1) is 4.63. The van der Waals surface area contributed by atoms with Crippen molar-refractivity contribution in [2.24, 2.45) is 0 Å². The van der Waals surface area contributed by atoms with Crippen LogP contribution in [0.15, 0.2) is 21.9 Å². The van der Waals surface area contributed by atoms with Crippen molar-refractivity contribution in [1.82, 2.24) is 0 Å². The van der Waals surface area contributed by atoms with Crippen LogP contribution >= 0.6 is 11.6 Å². The molecule has 0 aromatic rings. The van der Waals surface area contributed by atoms with Gasteiger partial charge in [-0.15, -0.1) is 0 Å². The number of aliphatic hydroxyl groups is 1. The van der Waals surface area contributed by atoms with Crippen molar-refractivity contribution < 1.29 is 5.11 Å². The maximum Gasteiger partial charge on any atom is 0.0969 e. The predicted octanol–water partition coefficient (Wildman–Crippen LogP) is 3.13. The minimum absolute atomic E-state index is 0.440. The highest BCUT2D eigenvalue weighted by Gasteiger charge is 2.12. The van der Waals surface area contributed by atoms with Gasteiger partial charge in [0, 0.05) is 17.0 Å². The molecular formula is C8H11ClO. The van der Waals surface area contributed by atoms with Gasteiger partial charge in [-0.1, -0.05) is 17.2 Å². The number of aliphatic hydroxyl groups excluding tert-OH is 1. The van der Waals surface area contributed by atoms with Crippen molar-refractivity contribution in [2.75, 3.05) is 0 Å². The van der Waals surface area contributed by atoms with Gasteiger partial charge in [0.25, 0.3) is 0 Å². The van der Waals surface area contributed by atoms with Crippen molar-refractivity contribution in [1.29, 1.82) is 0 Å². The van der Waals surface area contributed by atoms with E-state index in [-0.39, 0.29) is 0 Å². The maximum absolute atomic E-state index is 9.23. The first-order valence-electron chi connectivity index (χ1n) is 3.37. The SMILES string of the molecule is CC1=C(Cl)C(C)=C(O)CC1. The fourth-order valence-electron chi connectivity index (χ4n) is 1.05. The molecule has 0 aliphatic heterocycles. The van der Waals surface area contributed by atoms with Crippen molar-refractivity contribution in [3.63, 3.8) is 0 Å². The molecule has 2 heteroatoms. The number of hydrogen-bond donors (Lipinski definition) is 1. The Balaban J connectivity index is 3.01. The maximum atomic E-state index is 9.23. The van der Waals surface area contributed by atoms with Crippen LogP contribution in [0.2, 0.25) is 0 Å². The molecule has 0 unspecified atom stereocenters. The summed E-state index contributed by atoms with van der Waals surface area (Å²) in [5.74, 6) is 0.440. The molecule has 0 amide bonds. The van der Waals surface area contributed by atoms with E-state index in [1.54, 1.807) is 0 Å². The van der Waals surface area contributed by atoms with Crippen LogP contribution < -0.4 is 0 Å². The highest BCUT2D eigenvalue weighted by molar-refractivity contribution is 6.32. The average Bonchev–Trinajstić information content (AvgIpc) is 1.93. The van der Waals surface area contributed by atoms with Crippen molar-refractivity contribution >= 4 is 11.6 Å². The number of rotatable bonds is 0. The minimum atomic E-state index is 0.440. The van der Waals surface area contributed by atoms with Crippen LogP contribution in [0.25, 0.3) is 0 Å². The standard InChI is InChI=1S/C8H11ClO/c1-5-3-4-7(10)6(2)8(5)9/h10H,3-4H2,1-2H3. The third-order valence-corrected chi connectivity index (χ3v) is 2.48. The minimum Gasteiger partial charge on any atom is -0.512 e. The summed E-state index contributed by atoms with van der Waals surface area (Å²) in [6.45, 7) is 3.85. The second-order valence-electron chi connectivity index (χ2n) is 2.67. The van der Waals surface area contributed by atoms with Gasteiger partial charge in [-0.25, -0.2) is 0 Å². The van der Waals surface area contributed by atoms with Gasteiger partial charge in [-0.3, -0.25) is 0 Å². The van der Waals surface area contributed by atoms with E-state index in [2.05, 4.69) is 0 Å². The van der Waals surface area contributed by atoms with Gasteiger partial charge in [0.05, 0.1) is 5.76 Å². The zero-order valence-electron chi connectivity index (χ0n) is 6.24. The first-order valence-corrected chi connectivity index (χ1v) is 3.75. The Kier molecular flexibility index (Phi) is 2.05. The Morgan fingerprint density at radius 3 is 2.40 bits per heavy atom. The van der Waals surface area contributed by atoms with Crippen LogP contribution in [0.1, 0.15) is 26.7 Å². The zero-order valence-corrected chi connectivity index (χ0v) is 7.00. The predicted molar refractivity (Wildman–Crippen MR) is 43.1 cm³/mol. The number of hydrogen-bond acceptors (Lipinski definition) is 1. The molecule has 0 saturated carbocycles. The Morgan fingerprint density at radius 1 is 1.30 bits per heavy atom. The topological polar surface area (TPSA) is 20.2 Å². The lowest BCUT2D eigenvalue weighted by molar-refractivity contribution is 0.379. The molecule has 0 atom stereocenters. The van der Waals surface area contributed by atoms with E-state index in [0.717, 1.165) is 23.4 Å². The Hall–Kier alpha value is -0.430. The number of allylic oxidation sites excluding steroid dienone is 4. The van der Waals surface area contributed by atoms with Gasteiger partial charge < -0.3 is 5.11 Å². The highest BCUT2D eigenvalue weighted by Crippen LogP contribution is 2.30. The van der Waals surface area contributed by atoms with E-state index in [0.29, 0.717) is 5.76 Å². The van der Waals surface area contributed by atoms with Gasteiger partial charge in [-0.2, -0.15) is 0 Å².